The Morgan fingerprint density at radius 1 is 0.875 bits per heavy atom. The molecular weight excluding hydrogens is 422 g/mol. The van der Waals surface area contributed by atoms with Crippen molar-refractivity contribution in [3.63, 3.8) is 0 Å². The summed E-state index contributed by atoms with van der Waals surface area (Å²) in [5, 5.41) is 2.96. The fourth-order valence-electron chi connectivity index (χ4n) is 3.56. The lowest BCUT2D eigenvalue weighted by Crippen LogP contribution is -2.34. The zero-order valence-electron chi connectivity index (χ0n) is 18.6. The van der Waals surface area contributed by atoms with E-state index in [0.717, 1.165) is 5.56 Å². The van der Waals surface area contributed by atoms with E-state index in [1.54, 1.807) is 43.3 Å². The minimum Gasteiger partial charge on any atom is -0.350 e. The maximum absolute atomic E-state index is 13.1. The molecule has 0 heterocycles. The molecule has 0 aliphatic carbocycles. The third kappa shape index (κ3) is 5.36. The van der Waals surface area contributed by atoms with E-state index in [2.05, 4.69) is 5.32 Å². The largest absolute Gasteiger partial charge is 0.350 e. The van der Waals surface area contributed by atoms with Crippen LogP contribution in [0.1, 0.15) is 28.9 Å². The highest BCUT2D eigenvalue weighted by molar-refractivity contribution is 7.92. The SMILES string of the molecule is CCN(c1ccccc1)S(=O)(=O)c1ccc(C(=O)NCC(c2ccccc2)N(C)C)cc1. The van der Waals surface area contributed by atoms with E-state index in [1.165, 1.54) is 16.4 Å². The van der Waals surface area contributed by atoms with Gasteiger partial charge in [0.25, 0.3) is 15.9 Å². The summed E-state index contributed by atoms with van der Waals surface area (Å²) in [6.45, 7) is 2.54. The van der Waals surface area contributed by atoms with Gasteiger partial charge in [-0.2, -0.15) is 0 Å². The summed E-state index contributed by atoms with van der Waals surface area (Å²) >= 11 is 0. The third-order valence-electron chi connectivity index (χ3n) is 5.30. The smallest absolute Gasteiger partial charge is 0.264 e. The van der Waals surface area contributed by atoms with Crippen LogP contribution in [-0.2, 0) is 10.0 Å². The van der Waals surface area contributed by atoms with E-state index in [0.29, 0.717) is 24.3 Å². The fraction of sp³-hybridized carbons (Fsp3) is 0.240. The highest BCUT2D eigenvalue weighted by atomic mass is 32.2. The topological polar surface area (TPSA) is 69.7 Å². The van der Waals surface area contributed by atoms with Crippen molar-refractivity contribution in [1.82, 2.24) is 10.2 Å². The Morgan fingerprint density at radius 2 is 1.44 bits per heavy atom. The van der Waals surface area contributed by atoms with Crippen molar-refractivity contribution in [2.45, 2.75) is 17.9 Å². The van der Waals surface area contributed by atoms with Crippen LogP contribution in [0.4, 0.5) is 5.69 Å². The molecule has 32 heavy (non-hydrogen) atoms. The second kappa shape index (κ2) is 10.4. The van der Waals surface area contributed by atoms with Gasteiger partial charge in [-0.1, -0.05) is 48.5 Å². The van der Waals surface area contributed by atoms with Gasteiger partial charge in [-0.05, 0) is 63.0 Å². The summed E-state index contributed by atoms with van der Waals surface area (Å²) in [5.74, 6) is -0.243. The van der Waals surface area contributed by atoms with Crippen molar-refractivity contribution in [3.05, 3.63) is 96.1 Å². The van der Waals surface area contributed by atoms with E-state index >= 15 is 0 Å². The number of nitrogens with zero attached hydrogens (tertiary/aromatic N) is 2. The van der Waals surface area contributed by atoms with Gasteiger partial charge in [0.05, 0.1) is 16.6 Å². The van der Waals surface area contributed by atoms with Gasteiger partial charge in [-0.15, -0.1) is 0 Å². The van der Waals surface area contributed by atoms with Crippen LogP contribution in [-0.4, -0.2) is 46.4 Å². The van der Waals surface area contributed by atoms with Crippen LogP contribution >= 0.6 is 0 Å². The summed E-state index contributed by atoms with van der Waals surface area (Å²) in [4.78, 5) is 14.9. The first kappa shape index (κ1) is 23.5. The molecule has 0 aromatic heterocycles. The molecule has 1 unspecified atom stereocenters. The molecule has 1 N–H and O–H groups in total. The molecule has 7 heteroatoms. The normalized spacial score (nSPS) is 12.4. The van der Waals surface area contributed by atoms with Crippen molar-refractivity contribution in [2.75, 3.05) is 31.5 Å². The van der Waals surface area contributed by atoms with Gasteiger partial charge in [0.2, 0.25) is 0 Å². The Balaban J connectivity index is 1.72. The first-order valence-corrected chi connectivity index (χ1v) is 12.0. The molecule has 3 aromatic rings. The molecule has 0 saturated heterocycles. The highest BCUT2D eigenvalue weighted by Crippen LogP contribution is 2.23. The predicted molar refractivity (Wildman–Crippen MR) is 128 cm³/mol. The maximum Gasteiger partial charge on any atom is 0.264 e. The molecule has 1 atom stereocenters. The van der Waals surface area contributed by atoms with E-state index in [1.807, 2.05) is 55.4 Å². The quantitative estimate of drug-likeness (QED) is 0.535. The molecule has 0 spiro atoms. The Labute approximate surface area is 190 Å². The molecule has 3 rings (SSSR count). The molecule has 0 bridgehead atoms. The Kier molecular flexibility index (Phi) is 7.66. The summed E-state index contributed by atoms with van der Waals surface area (Å²) in [6, 6.07) is 25.0. The second-order valence-electron chi connectivity index (χ2n) is 7.63. The van der Waals surface area contributed by atoms with Crippen molar-refractivity contribution in [2.24, 2.45) is 0 Å². The monoisotopic (exact) mass is 451 g/mol. The predicted octanol–water partition coefficient (Wildman–Crippen LogP) is 3.93. The van der Waals surface area contributed by atoms with Gasteiger partial charge in [0, 0.05) is 18.7 Å². The molecular formula is C25H29N3O3S. The number of carbonyl (C=O) groups excluding carboxylic acids is 1. The maximum atomic E-state index is 13.1. The molecule has 0 aliphatic heterocycles. The number of sulfonamides is 1. The molecule has 0 saturated carbocycles. The molecule has 0 aliphatic rings. The van der Waals surface area contributed by atoms with Gasteiger partial charge in [-0.3, -0.25) is 9.10 Å². The van der Waals surface area contributed by atoms with Crippen LogP contribution in [0.2, 0.25) is 0 Å². The van der Waals surface area contributed by atoms with E-state index in [4.69, 9.17) is 0 Å². The summed E-state index contributed by atoms with van der Waals surface area (Å²) < 4.78 is 27.6. The van der Waals surface area contributed by atoms with Crippen LogP contribution < -0.4 is 9.62 Å². The van der Waals surface area contributed by atoms with Crippen molar-refractivity contribution >= 4 is 21.6 Å². The number of benzene rings is 3. The van der Waals surface area contributed by atoms with Crippen molar-refractivity contribution in [1.29, 1.82) is 0 Å². The average molecular weight is 452 g/mol. The number of amides is 1. The zero-order valence-corrected chi connectivity index (χ0v) is 19.4. The first-order valence-electron chi connectivity index (χ1n) is 10.5. The van der Waals surface area contributed by atoms with E-state index in [-0.39, 0.29) is 16.8 Å². The Hall–Kier alpha value is -3.16. The zero-order chi connectivity index (χ0) is 23.1. The van der Waals surface area contributed by atoms with Gasteiger partial charge >= 0.3 is 0 Å². The Bertz CT molecular complexity index is 1120. The molecule has 3 aromatic carbocycles. The summed E-state index contributed by atoms with van der Waals surface area (Å²) in [5.41, 5.74) is 2.13. The van der Waals surface area contributed by atoms with Crippen LogP contribution in [0.25, 0.3) is 0 Å². The molecule has 0 radical (unpaired) electrons. The van der Waals surface area contributed by atoms with Crippen LogP contribution in [0.15, 0.2) is 89.8 Å². The number of hydrogen-bond acceptors (Lipinski definition) is 4. The fourth-order valence-corrected chi connectivity index (χ4v) is 5.03. The second-order valence-corrected chi connectivity index (χ2v) is 9.49. The van der Waals surface area contributed by atoms with Gasteiger partial charge in [0.15, 0.2) is 0 Å². The average Bonchev–Trinajstić information content (AvgIpc) is 2.80. The number of carbonyl (C=O) groups is 1. The summed E-state index contributed by atoms with van der Waals surface area (Å²) in [6.07, 6.45) is 0. The number of rotatable bonds is 9. The lowest BCUT2D eigenvalue weighted by atomic mass is 10.1. The molecule has 168 valence electrons. The minimum atomic E-state index is -3.72. The molecule has 1 amide bonds. The van der Waals surface area contributed by atoms with Crippen LogP contribution in [0, 0.1) is 0 Å². The number of para-hydroxylation sites is 1. The van der Waals surface area contributed by atoms with E-state index < -0.39 is 10.0 Å². The Morgan fingerprint density at radius 3 is 1.97 bits per heavy atom. The van der Waals surface area contributed by atoms with Crippen molar-refractivity contribution < 1.29 is 13.2 Å². The van der Waals surface area contributed by atoms with Crippen molar-refractivity contribution in [3.8, 4) is 0 Å². The van der Waals surface area contributed by atoms with Gasteiger partial charge in [-0.25, -0.2) is 8.42 Å². The highest BCUT2D eigenvalue weighted by Gasteiger charge is 2.24. The van der Waals surface area contributed by atoms with Crippen LogP contribution in [0.3, 0.4) is 0 Å². The molecule has 0 fully saturated rings. The standard InChI is InChI=1S/C25H29N3O3S/c1-4-28(22-13-9-6-10-14-22)32(30,31)23-17-15-21(16-18-23)25(29)26-19-24(27(2)3)20-11-7-5-8-12-20/h5-18,24H,4,19H2,1-3H3,(H,26,29). The lowest BCUT2D eigenvalue weighted by Gasteiger charge is -2.25. The first-order chi connectivity index (χ1) is 15.3. The number of nitrogens with one attached hydrogen (secondary N) is 1. The van der Waals surface area contributed by atoms with Crippen LogP contribution in [0.5, 0.6) is 0 Å². The summed E-state index contributed by atoms with van der Waals surface area (Å²) in [7, 11) is 0.211. The number of hydrogen-bond donors (Lipinski definition) is 1. The van der Waals surface area contributed by atoms with E-state index in [9.17, 15) is 13.2 Å². The number of likely N-dealkylation sites (N-methyl/N-ethyl adjacent to an activating group) is 1. The number of anilines is 1. The van der Waals surface area contributed by atoms with Gasteiger partial charge < -0.3 is 10.2 Å². The molecule has 6 nitrogen and oxygen atoms in total. The van der Waals surface area contributed by atoms with Gasteiger partial charge in [0.1, 0.15) is 0 Å². The minimum absolute atomic E-state index is 0.0313. The third-order valence-corrected chi connectivity index (χ3v) is 7.22. The lowest BCUT2D eigenvalue weighted by molar-refractivity contribution is 0.0942.